The number of carbonyl (C=O) groups is 1. The maximum Gasteiger partial charge on any atom is 0.410 e. The van der Waals surface area contributed by atoms with Gasteiger partial charge in [0.05, 0.1) is 17.3 Å². The number of hydrogen-bond acceptors (Lipinski definition) is 6. The largest absolute Gasteiger partial charge is 0.440 e. The molecule has 210 valence electrons. The molecule has 1 aliphatic heterocycles. The molecule has 0 saturated carbocycles. The van der Waals surface area contributed by atoms with Crippen molar-refractivity contribution in [2.45, 2.75) is 49.8 Å². The first-order chi connectivity index (χ1) is 20.0. The molecular weight excluding hydrogens is 534 g/mol. The van der Waals surface area contributed by atoms with E-state index in [0.29, 0.717) is 42.8 Å². The second-order valence-electron chi connectivity index (χ2n) is 10.2. The molecule has 1 fully saturated rings. The van der Waals surface area contributed by atoms with Crippen LogP contribution in [0.3, 0.4) is 0 Å². The monoisotopic (exact) mass is 560 g/mol. The number of imidazole rings is 1. The fourth-order valence-corrected chi connectivity index (χ4v) is 6.06. The van der Waals surface area contributed by atoms with Crippen molar-refractivity contribution in [1.82, 2.24) is 24.4 Å². The van der Waals surface area contributed by atoms with Crippen molar-refractivity contribution in [3.8, 4) is 0 Å². The number of likely N-dealkylation sites (tertiary alicyclic amines) is 1. The predicted molar refractivity (Wildman–Crippen MR) is 144 cm³/mol. The van der Waals surface area contributed by atoms with Gasteiger partial charge in [0.2, 0.25) is 0 Å². The second kappa shape index (κ2) is 11.0. The molecule has 3 unspecified atom stereocenters. The van der Waals surface area contributed by atoms with Crippen molar-refractivity contribution < 1.29 is 18.3 Å². The Labute approximate surface area is 232 Å². The molecule has 1 N–H and O–H groups in total. The molecule has 0 spiro atoms. The number of benzene rings is 1. The Morgan fingerprint density at radius 3 is 2.59 bits per heavy atom. The zero-order valence-corrected chi connectivity index (χ0v) is 21.9. The third-order valence-corrected chi connectivity index (χ3v) is 7.99. The first kappa shape index (κ1) is 26.5. The molecule has 4 aromatic rings. The van der Waals surface area contributed by atoms with Crippen molar-refractivity contribution in [2.24, 2.45) is 5.11 Å². The van der Waals surface area contributed by atoms with Gasteiger partial charge < -0.3 is 9.64 Å². The number of azide groups is 1. The summed E-state index contributed by atoms with van der Waals surface area (Å²) in [6.07, 6.45) is 3.49. The Balaban J connectivity index is 1.21. The van der Waals surface area contributed by atoms with Crippen LogP contribution in [0.4, 0.5) is 13.6 Å². The van der Waals surface area contributed by atoms with Gasteiger partial charge in [-0.25, -0.2) is 23.4 Å². The molecule has 4 heterocycles. The van der Waals surface area contributed by atoms with E-state index in [1.54, 1.807) is 40.1 Å². The highest BCUT2D eigenvalue weighted by Gasteiger charge is 2.37. The molecular formula is C28H26F2N8O3. The number of nitrogens with one attached hydrogen (secondary N) is 1. The number of H-pyrrole nitrogens is 1. The molecule has 2 aliphatic rings. The van der Waals surface area contributed by atoms with Gasteiger partial charge in [-0.05, 0) is 72.5 Å². The van der Waals surface area contributed by atoms with Crippen LogP contribution in [0.5, 0.6) is 0 Å². The quantitative estimate of drug-likeness (QED) is 0.144. The normalized spacial score (nSPS) is 21.1. The van der Waals surface area contributed by atoms with Crippen LogP contribution < -0.4 is 5.69 Å². The lowest BCUT2D eigenvalue weighted by Gasteiger charge is -2.33. The van der Waals surface area contributed by atoms with Crippen LogP contribution >= 0.6 is 0 Å². The molecule has 1 aromatic carbocycles. The van der Waals surface area contributed by atoms with E-state index in [2.05, 4.69) is 25.0 Å². The summed E-state index contributed by atoms with van der Waals surface area (Å²) < 4.78 is 36.6. The summed E-state index contributed by atoms with van der Waals surface area (Å²) in [6.45, 7) is 0.756. The molecule has 1 saturated heterocycles. The van der Waals surface area contributed by atoms with E-state index in [0.717, 1.165) is 11.6 Å². The average molecular weight is 561 g/mol. The zero-order chi connectivity index (χ0) is 28.5. The summed E-state index contributed by atoms with van der Waals surface area (Å²) >= 11 is 0. The number of aromatic amines is 1. The van der Waals surface area contributed by atoms with E-state index >= 15 is 0 Å². The minimum absolute atomic E-state index is 0.0916. The molecule has 1 aliphatic carbocycles. The second-order valence-corrected chi connectivity index (χ2v) is 10.2. The van der Waals surface area contributed by atoms with Crippen LogP contribution in [0.2, 0.25) is 0 Å². The average Bonchev–Trinajstić information content (AvgIpc) is 3.25. The Kier molecular flexibility index (Phi) is 7.10. The molecule has 0 bridgehead atoms. The molecule has 3 atom stereocenters. The number of rotatable bonds is 4. The van der Waals surface area contributed by atoms with E-state index in [-0.39, 0.29) is 30.1 Å². The number of halogens is 2. The molecule has 6 rings (SSSR count). The smallest absolute Gasteiger partial charge is 0.410 e. The number of hydrogen-bond donors (Lipinski definition) is 1. The summed E-state index contributed by atoms with van der Waals surface area (Å²) in [4.78, 5) is 41.9. The Hall–Kier alpha value is -4.77. The van der Waals surface area contributed by atoms with Crippen LogP contribution in [0.1, 0.15) is 66.6 Å². The van der Waals surface area contributed by atoms with E-state index in [1.807, 2.05) is 6.07 Å². The molecule has 1 amide bonds. The Morgan fingerprint density at radius 1 is 1.02 bits per heavy atom. The summed E-state index contributed by atoms with van der Waals surface area (Å²) in [5, 5.41) is 3.94. The highest BCUT2D eigenvalue weighted by Crippen LogP contribution is 2.46. The maximum atomic E-state index is 14.9. The number of fused-ring (bicyclic) bond motifs is 2. The van der Waals surface area contributed by atoms with Crippen LogP contribution in [0, 0.1) is 11.6 Å². The van der Waals surface area contributed by atoms with Gasteiger partial charge in [0.1, 0.15) is 6.10 Å². The number of amides is 1. The van der Waals surface area contributed by atoms with Gasteiger partial charge >= 0.3 is 11.8 Å². The highest BCUT2D eigenvalue weighted by molar-refractivity contribution is 5.70. The standard InChI is InChI=1S/C28H26F2N8O3/c29-20-6-1-4-17(23(20)30)18-8-9-22(25-19(5-2-12-32-25)24(18)35-36-31)41-28(40)37-14-10-16(11-15-37)38-21-7-3-13-33-26(21)34-27(38)39/h1-7,12-13,16,18,22,24H,8-11,14-15H2,(H,33,34,39). The first-order valence-electron chi connectivity index (χ1n) is 13.4. The van der Waals surface area contributed by atoms with Gasteiger partial charge in [-0.15, -0.1) is 0 Å². The van der Waals surface area contributed by atoms with Gasteiger partial charge in [-0.3, -0.25) is 14.5 Å². The van der Waals surface area contributed by atoms with Gasteiger partial charge in [0, 0.05) is 36.4 Å². The van der Waals surface area contributed by atoms with Crippen molar-refractivity contribution in [1.29, 1.82) is 0 Å². The number of pyridine rings is 2. The number of carbonyl (C=O) groups excluding carboxylic acids is 1. The van der Waals surface area contributed by atoms with Crippen LogP contribution in [0.15, 0.2) is 64.8 Å². The lowest BCUT2D eigenvalue weighted by Crippen LogP contribution is -2.41. The zero-order valence-electron chi connectivity index (χ0n) is 21.9. The van der Waals surface area contributed by atoms with Crippen molar-refractivity contribution in [2.75, 3.05) is 13.1 Å². The molecule has 41 heavy (non-hydrogen) atoms. The Morgan fingerprint density at radius 2 is 1.78 bits per heavy atom. The lowest BCUT2D eigenvalue weighted by molar-refractivity contribution is 0.0472. The van der Waals surface area contributed by atoms with Crippen molar-refractivity contribution in [3.63, 3.8) is 0 Å². The summed E-state index contributed by atoms with van der Waals surface area (Å²) in [5.41, 5.74) is 11.3. The molecule has 3 aromatic heterocycles. The van der Waals surface area contributed by atoms with Gasteiger partial charge in [0.15, 0.2) is 17.3 Å². The first-order valence-corrected chi connectivity index (χ1v) is 13.4. The topological polar surface area (TPSA) is 142 Å². The highest BCUT2D eigenvalue weighted by atomic mass is 19.2. The SMILES string of the molecule is [N-]=[N+]=NC1c2cccnc2C(OC(=O)N2CCC(n3c(=O)[nH]c4ncccc43)CC2)CCC1c1cccc(F)c1F. The van der Waals surface area contributed by atoms with E-state index in [1.165, 1.54) is 12.1 Å². The van der Waals surface area contributed by atoms with Crippen LogP contribution in [0.25, 0.3) is 21.6 Å². The number of nitrogens with zero attached hydrogens (tertiary/aromatic N) is 7. The molecule has 0 radical (unpaired) electrons. The van der Waals surface area contributed by atoms with E-state index in [9.17, 15) is 23.9 Å². The van der Waals surface area contributed by atoms with Crippen LogP contribution in [-0.2, 0) is 4.74 Å². The van der Waals surface area contributed by atoms with Crippen molar-refractivity contribution in [3.05, 3.63) is 104 Å². The summed E-state index contributed by atoms with van der Waals surface area (Å²) in [5.74, 6) is -2.67. The number of aromatic nitrogens is 4. The lowest BCUT2D eigenvalue weighted by atomic mass is 9.86. The minimum Gasteiger partial charge on any atom is -0.440 e. The molecule has 13 heteroatoms. The van der Waals surface area contributed by atoms with Gasteiger partial charge in [0.25, 0.3) is 0 Å². The fourth-order valence-electron chi connectivity index (χ4n) is 6.06. The summed E-state index contributed by atoms with van der Waals surface area (Å²) in [7, 11) is 0. The number of piperidine rings is 1. The predicted octanol–water partition coefficient (Wildman–Crippen LogP) is 5.84. The Bertz CT molecular complexity index is 1710. The van der Waals surface area contributed by atoms with Gasteiger partial charge in [-0.1, -0.05) is 23.3 Å². The van der Waals surface area contributed by atoms with Gasteiger partial charge in [-0.2, -0.15) is 0 Å². The molecule has 11 nitrogen and oxygen atoms in total. The minimum atomic E-state index is -0.996. The third-order valence-electron chi connectivity index (χ3n) is 7.99. The van der Waals surface area contributed by atoms with E-state index in [4.69, 9.17) is 4.74 Å². The fraction of sp³-hybridized carbons (Fsp3) is 0.357. The van der Waals surface area contributed by atoms with Crippen molar-refractivity contribution >= 4 is 17.3 Å². The van der Waals surface area contributed by atoms with Crippen LogP contribution in [-0.4, -0.2) is 43.6 Å². The maximum absolute atomic E-state index is 14.9. The summed E-state index contributed by atoms with van der Waals surface area (Å²) in [6, 6.07) is 9.93. The van der Waals surface area contributed by atoms with E-state index < -0.39 is 35.8 Å². The number of ether oxygens (including phenoxy) is 1. The third kappa shape index (κ3) is 4.89.